The van der Waals surface area contributed by atoms with E-state index in [0.717, 1.165) is 25.1 Å². The Balaban J connectivity index is 1.55. The first-order valence-corrected chi connectivity index (χ1v) is 8.76. The van der Waals surface area contributed by atoms with Crippen LogP contribution in [0.2, 0.25) is 0 Å². The van der Waals surface area contributed by atoms with Gasteiger partial charge in [-0.2, -0.15) is 0 Å². The molecule has 0 amide bonds. The predicted octanol–water partition coefficient (Wildman–Crippen LogP) is 3.68. The van der Waals surface area contributed by atoms with Crippen molar-refractivity contribution in [2.24, 2.45) is 0 Å². The maximum absolute atomic E-state index is 12.9. The van der Waals surface area contributed by atoms with E-state index < -0.39 is 0 Å². The molecular formula is C18H24FN3S. The molecule has 2 aliphatic heterocycles. The maximum Gasteiger partial charge on any atom is 0.170 e. The SMILES string of the molecule is C=CCN1[C@@H]2CCC[C@H]1CC(NC(=S)Nc1ccc(F)cc1)C2. The molecule has 1 aromatic rings. The lowest BCUT2D eigenvalue weighted by Crippen LogP contribution is -2.57. The van der Waals surface area contributed by atoms with Crippen LogP contribution >= 0.6 is 12.2 Å². The van der Waals surface area contributed by atoms with E-state index in [-0.39, 0.29) is 5.82 Å². The molecule has 2 heterocycles. The number of piperidine rings is 2. The second-order valence-electron chi connectivity index (χ2n) is 6.50. The first kappa shape index (κ1) is 16.4. The summed E-state index contributed by atoms with van der Waals surface area (Å²) in [5.74, 6) is -0.239. The molecule has 1 aromatic carbocycles. The van der Waals surface area contributed by atoms with Crippen molar-refractivity contribution in [3.8, 4) is 0 Å². The highest BCUT2D eigenvalue weighted by molar-refractivity contribution is 7.80. The number of benzene rings is 1. The number of hydrogen-bond donors (Lipinski definition) is 2. The third-order valence-corrected chi connectivity index (χ3v) is 5.12. The Kier molecular flexibility index (Phi) is 5.28. The summed E-state index contributed by atoms with van der Waals surface area (Å²) in [6.07, 6.45) is 8.11. The van der Waals surface area contributed by atoms with Crippen LogP contribution in [0.5, 0.6) is 0 Å². The van der Waals surface area contributed by atoms with E-state index in [9.17, 15) is 4.39 Å². The Morgan fingerprint density at radius 2 is 1.91 bits per heavy atom. The molecule has 2 saturated heterocycles. The molecule has 0 radical (unpaired) electrons. The third kappa shape index (κ3) is 4.09. The molecule has 2 bridgehead atoms. The summed E-state index contributed by atoms with van der Waals surface area (Å²) in [6.45, 7) is 4.87. The van der Waals surface area contributed by atoms with Gasteiger partial charge in [0.1, 0.15) is 5.82 Å². The van der Waals surface area contributed by atoms with Crippen molar-refractivity contribution < 1.29 is 4.39 Å². The van der Waals surface area contributed by atoms with Crippen LogP contribution in [0.1, 0.15) is 32.1 Å². The van der Waals surface area contributed by atoms with Crippen molar-refractivity contribution in [2.45, 2.75) is 50.2 Å². The predicted molar refractivity (Wildman–Crippen MR) is 97.1 cm³/mol. The van der Waals surface area contributed by atoms with Crippen LogP contribution < -0.4 is 10.6 Å². The summed E-state index contributed by atoms with van der Waals surface area (Å²) in [4.78, 5) is 2.60. The van der Waals surface area contributed by atoms with Crippen LogP contribution in [0.15, 0.2) is 36.9 Å². The molecule has 23 heavy (non-hydrogen) atoms. The fourth-order valence-corrected chi connectivity index (χ4v) is 4.21. The van der Waals surface area contributed by atoms with Crippen LogP contribution in [-0.2, 0) is 0 Å². The summed E-state index contributed by atoms with van der Waals surface area (Å²) in [7, 11) is 0. The number of fused-ring (bicyclic) bond motifs is 2. The molecule has 3 nitrogen and oxygen atoms in total. The van der Waals surface area contributed by atoms with E-state index >= 15 is 0 Å². The molecule has 2 aliphatic rings. The molecule has 1 unspecified atom stereocenters. The second kappa shape index (κ2) is 7.41. The van der Waals surface area contributed by atoms with E-state index in [2.05, 4.69) is 22.1 Å². The normalized spacial score (nSPS) is 27.3. The van der Waals surface area contributed by atoms with Gasteiger partial charge in [0.25, 0.3) is 0 Å². The van der Waals surface area contributed by atoms with Crippen molar-refractivity contribution in [3.05, 3.63) is 42.7 Å². The first-order valence-electron chi connectivity index (χ1n) is 8.35. The first-order chi connectivity index (χ1) is 11.2. The van der Waals surface area contributed by atoms with E-state index in [1.165, 1.54) is 31.4 Å². The lowest BCUT2D eigenvalue weighted by molar-refractivity contribution is 0.0389. The Morgan fingerprint density at radius 1 is 1.26 bits per heavy atom. The summed E-state index contributed by atoms with van der Waals surface area (Å²) >= 11 is 5.42. The highest BCUT2D eigenvalue weighted by Crippen LogP contribution is 2.33. The van der Waals surface area contributed by atoms with Crippen molar-refractivity contribution in [2.75, 3.05) is 11.9 Å². The average molecular weight is 333 g/mol. The molecule has 3 atom stereocenters. The minimum Gasteiger partial charge on any atom is -0.360 e. The molecule has 2 N–H and O–H groups in total. The third-order valence-electron chi connectivity index (χ3n) is 4.90. The zero-order chi connectivity index (χ0) is 16.2. The number of nitrogens with one attached hydrogen (secondary N) is 2. The smallest absolute Gasteiger partial charge is 0.170 e. The Morgan fingerprint density at radius 3 is 2.52 bits per heavy atom. The molecular weight excluding hydrogens is 309 g/mol. The number of thiocarbonyl (C=S) groups is 1. The van der Waals surface area contributed by atoms with Crippen LogP contribution in [0.4, 0.5) is 10.1 Å². The van der Waals surface area contributed by atoms with Crippen molar-refractivity contribution in [1.29, 1.82) is 0 Å². The van der Waals surface area contributed by atoms with Gasteiger partial charge in [-0.1, -0.05) is 12.5 Å². The molecule has 0 spiro atoms. The van der Waals surface area contributed by atoms with Crippen molar-refractivity contribution >= 4 is 23.0 Å². The van der Waals surface area contributed by atoms with Crippen molar-refractivity contribution in [3.63, 3.8) is 0 Å². The Hall–Kier alpha value is -1.46. The lowest BCUT2D eigenvalue weighted by Gasteiger charge is -2.48. The molecule has 2 fully saturated rings. The van der Waals surface area contributed by atoms with Gasteiger partial charge in [0, 0.05) is 30.4 Å². The quantitative estimate of drug-likeness (QED) is 0.649. The Labute approximate surface area is 142 Å². The fraction of sp³-hybridized carbons (Fsp3) is 0.500. The summed E-state index contributed by atoms with van der Waals surface area (Å²) in [5.41, 5.74) is 0.813. The van der Waals surface area contributed by atoms with Crippen LogP contribution in [0, 0.1) is 5.82 Å². The van der Waals surface area contributed by atoms with Gasteiger partial charge in [-0.15, -0.1) is 6.58 Å². The van der Waals surface area contributed by atoms with Crippen LogP contribution in [0.3, 0.4) is 0 Å². The van der Waals surface area contributed by atoms with Gasteiger partial charge < -0.3 is 10.6 Å². The summed E-state index contributed by atoms with van der Waals surface area (Å²) in [6, 6.07) is 7.94. The zero-order valence-corrected chi connectivity index (χ0v) is 14.1. The summed E-state index contributed by atoms with van der Waals surface area (Å²) in [5, 5.41) is 7.21. The monoisotopic (exact) mass is 333 g/mol. The zero-order valence-electron chi connectivity index (χ0n) is 13.3. The number of nitrogens with zero attached hydrogens (tertiary/aromatic N) is 1. The van der Waals surface area contributed by atoms with Gasteiger partial charge in [-0.3, -0.25) is 4.90 Å². The second-order valence-corrected chi connectivity index (χ2v) is 6.91. The van der Waals surface area contributed by atoms with E-state index in [4.69, 9.17) is 12.2 Å². The lowest BCUT2D eigenvalue weighted by atomic mass is 9.82. The minimum atomic E-state index is -0.239. The van der Waals surface area contributed by atoms with E-state index in [0.29, 0.717) is 23.2 Å². The minimum absolute atomic E-state index is 0.239. The summed E-state index contributed by atoms with van der Waals surface area (Å²) < 4.78 is 12.9. The number of hydrogen-bond acceptors (Lipinski definition) is 2. The highest BCUT2D eigenvalue weighted by atomic mass is 32.1. The molecule has 0 aromatic heterocycles. The van der Waals surface area contributed by atoms with Crippen molar-refractivity contribution in [1.82, 2.24) is 10.2 Å². The van der Waals surface area contributed by atoms with Crippen LogP contribution in [0.25, 0.3) is 0 Å². The standard InChI is InChI=1S/C18H24FN3S/c1-2-10-22-16-4-3-5-17(22)12-15(11-16)21-18(23)20-14-8-6-13(19)7-9-14/h2,6-9,15-17H,1,3-5,10-12H2,(H2,20,21,23)/t15?,16-,17+. The average Bonchev–Trinajstić information content (AvgIpc) is 2.50. The van der Waals surface area contributed by atoms with E-state index in [1.54, 1.807) is 12.1 Å². The molecule has 124 valence electrons. The molecule has 0 saturated carbocycles. The fourth-order valence-electron chi connectivity index (χ4n) is 3.93. The maximum atomic E-state index is 12.9. The van der Waals surface area contributed by atoms with E-state index in [1.807, 2.05) is 6.08 Å². The van der Waals surface area contributed by atoms with Crippen LogP contribution in [-0.4, -0.2) is 34.7 Å². The molecule has 5 heteroatoms. The number of halogens is 1. The number of rotatable bonds is 4. The van der Waals surface area contributed by atoms with Gasteiger partial charge in [-0.05, 0) is 62.2 Å². The number of anilines is 1. The largest absolute Gasteiger partial charge is 0.360 e. The Bertz CT molecular complexity index is 546. The van der Waals surface area contributed by atoms with Gasteiger partial charge in [0.15, 0.2) is 5.11 Å². The van der Waals surface area contributed by atoms with Gasteiger partial charge in [0.05, 0.1) is 0 Å². The van der Waals surface area contributed by atoms with Gasteiger partial charge >= 0.3 is 0 Å². The molecule has 0 aliphatic carbocycles. The highest BCUT2D eigenvalue weighted by Gasteiger charge is 2.37. The molecule has 3 rings (SSSR count). The topological polar surface area (TPSA) is 27.3 Å². The van der Waals surface area contributed by atoms with Gasteiger partial charge in [0.2, 0.25) is 0 Å². The van der Waals surface area contributed by atoms with Gasteiger partial charge in [-0.25, -0.2) is 4.39 Å².